The molecule has 29 heavy (non-hydrogen) atoms. The number of hydrogen-bond acceptors (Lipinski definition) is 5. The Morgan fingerprint density at radius 2 is 1.97 bits per heavy atom. The van der Waals surface area contributed by atoms with Crippen molar-refractivity contribution >= 4 is 17.0 Å². The van der Waals surface area contributed by atoms with Gasteiger partial charge in [0, 0.05) is 18.7 Å². The molecule has 4 aromatic rings. The lowest BCUT2D eigenvalue weighted by Crippen LogP contribution is -2.14. The second-order valence-electron chi connectivity index (χ2n) is 7.06. The topological polar surface area (TPSA) is 78.8 Å². The molecule has 0 saturated carbocycles. The van der Waals surface area contributed by atoms with Crippen LogP contribution in [0.1, 0.15) is 11.1 Å². The number of para-hydroxylation sites is 1. The van der Waals surface area contributed by atoms with Crippen molar-refractivity contribution in [2.75, 3.05) is 19.4 Å². The summed E-state index contributed by atoms with van der Waals surface area (Å²) >= 11 is 0. The Morgan fingerprint density at radius 3 is 2.69 bits per heavy atom. The molecule has 148 valence electrons. The molecule has 0 aliphatic rings. The first-order chi connectivity index (χ1) is 14.0. The van der Waals surface area contributed by atoms with Crippen LogP contribution >= 0.6 is 0 Å². The maximum atomic E-state index is 14.3. The van der Waals surface area contributed by atoms with Crippen molar-refractivity contribution in [2.24, 2.45) is 0 Å². The van der Waals surface area contributed by atoms with E-state index in [9.17, 15) is 9.18 Å². The number of nitrogens with zero attached hydrogens (tertiary/aromatic N) is 4. The molecule has 8 heteroatoms. The lowest BCUT2D eigenvalue weighted by Gasteiger charge is -2.12. The molecule has 0 bridgehead atoms. The van der Waals surface area contributed by atoms with E-state index in [1.54, 1.807) is 10.7 Å². The molecule has 0 amide bonds. The highest BCUT2D eigenvalue weighted by Gasteiger charge is 2.12. The fraction of sp³-hybridized carbons (Fsp3) is 0.190. The van der Waals surface area contributed by atoms with E-state index >= 15 is 0 Å². The zero-order chi connectivity index (χ0) is 20.4. The minimum Gasteiger partial charge on any atom is -0.352 e. The first-order valence-corrected chi connectivity index (χ1v) is 9.20. The Morgan fingerprint density at radius 1 is 1.17 bits per heavy atom. The predicted molar refractivity (Wildman–Crippen MR) is 111 cm³/mol. The van der Waals surface area contributed by atoms with Crippen LogP contribution in [0.4, 0.5) is 10.3 Å². The van der Waals surface area contributed by atoms with Crippen molar-refractivity contribution in [3.63, 3.8) is 0 Å². The van der Waals surface area contributed by atoms with E-state index in [0.717, 1.165) is 11.3 Å². The Kier molecular flexibility index (Phi) is 5.09. The second-order valence-corrected chi connectivity index (χ2v) is 7.06. The van der Waals surface area contributed by atoms with Gasteiger partial charge >= 0.3 is 0 Å². The Labute approximate surface area is 166 Å². The Bertz CT molecular complexity index is 1200. The van der Waals surface area contributed by atoms with Gasteiger partial charge in [-0.1, -0.05) is 30.3 Å². The maximum absolute atomic E-state index is 14.3. The minimum absolute atomic E-state index is 0.253. The first kappa shape index (κ1) is 18.8. The van der Waals surface area contributed by atoms with Gasteiger partial charge in [0.25, 0.3) is 5.56 Å². The van der Waals surface area contributed by atoms with Gasteiger partial charge in [-0.25, -0.2) is 9.07 Å². The fourth-order valence-electron chi connectivity index (χ4n) is 3.12. The van der Waals surface area contributed by atoms with Crippen molar-refractivity contribution in [3.05, 3.63) is 82.0 Å². The number of fused-ring (bicyclic) bond motifs is 1. The molecular formula is C21H21FN6O. The number of anilines is 1. The number of halogens is 1. The van der Waals surface area contributed by atoms with Gasteiger partial charge in [-0.3, -0.25) is 9.78 Å². The van der Waals surface area contributed by atoms with Crippen molar-refractivity contribution in [2.45, 2.75) is 13.1 Å². The van der Waals surface area contributed by atoms with Gasteiger partial charge in [-0.15, -0.1) is 0 Å². The van der Waals surface area contributed by atoms with Gasteiger partial charge in [0.2, 0.25) is 5.95 Å². The number of aromatic amines is 1. The summed E-state index contributed by atoms with van der Waals surface area (Å²) in [7, 11) is 3.79. The predicted octanol–water partition coefficient (Wildman–Crippen LogP) is 2.92. The van der Waals surface area contributed by atoms with Crippen molar-refractivity contribution in [1.29, 1.82) is 0 Å². The summed E-state index contributed by atoms with van der Waals surface area (Å²) in [6.07, 6.45) is 1.50. The van der Waals surface area contributed by atoms with E-state index in [2.05, 4.69) is 20.4 Å². The lowest BCUT2D eigenvalue weighted by atomic mass is 10.1. The molecule has 0 saturated heterocycles. The van der Waals surface area contributed by atoms with Crippen LogP contribution in [0.3, 0.4) is 0 Å². The summed E-state index contributed by atoms with van der Waals surface area (Å²) in [6.45, 7) is 0.863. The van der Waals surface area contributed by atoms with E-state index in [1.807, 2.05) is 55.4 Å². The van der Waals surface area contributed by atoms with E-state index in [4.69, 9.17) is 0 Å². The molecule has 0 aliphatic carbocycles. The third-order valence-corrected chi connectivity index (χ3v) is 4.50. The number of rotatable bonds is 6. The maximum Gasteiger partial charge on any atom is 0.263 e. The number of aromatic nitrogens is 4. The fourth-order valence-corrected chi connectivity index (χ4v) is 3.12. The van der Waals surface area contributed by atoms with Crippen LogP contribution in [-0.4, -0.2) is 38.7 Å². The normalized spacial score (nSPS) is 11.3. The van der Waals surface area contributed by atoms with Gasteiger partial charge in [0.05, 0.1) is 11.9 Å². The molecule has 0 spiro atoms. The summed E-state index contributed by atoms with van der Waals surface area (Å²) in [5.74, 6) is 0.0509. The van der Waals surface area contributed by atoms with Gasteiger partial charge < -0.3 is 10.2 Å². The zero-order valence-corrected chi connectivity index (χ0v) is 16.2. The third-order valence-electron chi connectivity index (χ3n) is 4.50. The van der Waals surface area contributed by atoms with Crippen molar-refractivity contribution in [1.82, 2.24) is 24.6 Å². The van der Waals surface area contributed by atoms with E-state index in [-0.39, 0.29) is 11.4 Å². The molecule has 2 N–H and O–H groups in total. The van der Waals surface area contributed by atoms with Gasteiger partial charge in [0.15, 0.2) is 5.65 Å². The smallest absolute Gasteiger partial charge is 0.263 e. The van der Waals surface area contributed by atoms with Gasteiger partial charge in [-0.05, 0) is 37.9 Å². The quantitative estimate of drug-likeness (QED) is 0.528. The molecule has 4 rings (SSSR count). The average Bonchev–Trinajstić information content (AvgIpc) is 3.13. The van der Waals surface area contributed by atoms with Gasteiger partial charge in [0.1, 0.15) is 11.2 Å². The summed E-state index contributed by atoms with van der Waals surface area (Å²) < 4.78 is 15.9. The van der Waals surface area contributed by atoms with Crippen LogP contribution in [0.2, 0.25) is 0 Å². The van der Waals surface area contributed by atoms with Crippen LogP contribution < -0.4 is 10.9 Å². The molecule has 0 aliphatic heterocycles. The van der Waals surface area contributed by atoms with E-state index in [1.165, 1.54) is 12.3 Å². The monoisotopic (exact) mass is 392 g/mol. The molecule has 2 aromatic carbocycles. The average molecular weight is 392 g/mol. The molecule has 7 nitrogen and oxygen atoms in total. The summed E-state index contributed by atoms with van der Waals surface area (Å²) in [4.78, 5) is 21.5. The highest BCUT2D eigenvalue weighted by atomic mass is 19.1. The minimum atomic E-state index is -0.285. The summed E-state index contributed by atoms with van der Waals surface area (Å²) in [6, 6.07) is 14.6. The molecule has 0 atom stereocenters. The van der Waals surface area contributed by atoms with E-state index < -0.39 is 0 Å². The van der Waals surface area contributed by atoms with Gasteiger partial charge in [-0.2, -0.15) is 10.1 Å². The zero-order valence-electron chi connectivity index (χ0n) is 16.2. The van der Waals surface area contributed by atoms with Crippen LogP contribution in [0.15, 0.2) is 59.5 Å². The molecule has 0 unspecified atom stereocenters. The van der Waals surface area contributed by atoms with Crippen LogP contribution in [0.25, 0.3) is 16.7 Å². The van der Waals surface area contributed by atoms with Crippen molar-refractivity contribution in [3.8, 4) is 5.69 Å². The highest BCUT2D eigenvalue weighted by Crippen LogP contribution is 2.16. The number of nitrogens with one attached hydrogen (secondary N) is 2. The SMILES string of the molecule is CN(C)Cc1ccc(CNc2nc3c(cnn3-c3ccccc3)c(=O)[nH]2)cc1F. The molecule has 2 aromatic heterocycles. The van der Waals surface area contributed by atoms with Crippen molar-refractivity contribution < 1.29 is 4.39 Å². The lowest BCUT2D eigenvalue weighted by molar-refractivity contribution is 0.392. The standard InChI is InChI=1S/C21H21FN6O/c1-27(2)13-15-9-8-14(10-18(15)22)11-23-21-25-19-17(20(29)26-21)12-24-28(19)16-6-4-3-5-7-16/h3-10,12H,11,13H2,1-2H3,(H2,23,25,26,29). The summed E-state index contributed by atoms with van der Waals surface area (Å²) in [5, 5.41) is 7.75. The molecular weight excluding hydrogens is 371 g/mol. The Balaban J connectivity index is 1.59. The summed E-state index contributed by atoms with van der Waals surface area (Å²) in [5.41, 5.74) is 2.37. The molecule has 0 radical (unpaired) electrons. The Hall–Kier alpha value is -3.52. The number of hydrogen-bond donors (Lipinski definition) is 2. The highest BCUT2D eigenvalue weighted by molar-refractivity contribution is 5.76. The van der Waals surface area contributed by atoms with E-state index in [0.29, 0.717) is 35.6 Å². The van der Waals surface area contributed by atoms with Crippen LogP contribution in [0.5, 0.6) is 0 Å². The first-order valence-electron chi connectivity index (χ1n) is 9.20. The third kappa shape index (κ3) is 4.02. The van der Waals surface area contributed by atoms with Crippen LogP contribution in [-0.2, 0) is 13.1 Å². The largest absolute Gasteiger partial charge is 0.352 e. The number of H-pyrrole nitrogens is 1. The molecule has 2 heterocycles. The van der Waals surface area contributed by atoms with Crippen LogP contribution in [0, 0.1) is 5.82 Å². The number of benzene rings is 2. The molecule has 0 fully saturated rings. The second kappa shape index (κ2) is 7.84.